The van der Waals surface area contributed by atoms with Crippen LogP contribution in [0.5, 0.6) is 11.5 Å². The summed E-state index contributed by atoms with van der Waals surface area (Å²) in [5.41, 5.74) is 2.44. The summed E-state index contributed by atoms with van der Waals surface area (Å²) in [6, 6.07) is 22.0. The molecule has 11 nitrogen and oxygen atoms in total. The number of rotatable bonds is 11. The van der Waals surface area contributed by atoms with Crippen molar-refractivity contribution in [3.8, 4) is 17.2 Å². The van der Waals surface area contributed by atoms with Crippen LogP contribution in [0.4, 0.5) is 0 Å². The predicted molar refractivity (Wildman–Crippen MR) is 167 cm³/mol. The van der Waals surface area contributed by atoms with Gasteiger partial charge in [0.05, 0.1) is 49.4 Å². The molecule has 0 aliphatic carbocycles. The molecule has 0 fully saturated rings. The molecule has 0 saturated heterocycles. The highest BCUT2D eigenvalue weighted by Gasteiger charge is 2.36. The zero-order valence-corrected chi connectivity index (χ0v) is 25.5. The van der Waals surface area contributed by atoms with E-state index in [9.17, 15) is 9.59 Å². The Morgan fingerprint density at radius 2 is 1.89 bits per heavy atom. The highest BCUT2D eigenvalue weighted by Crippen LogP contribution is 2.42. The van der Waals surface area contributed by atoms with Gasteiger partial charge in [-0.2, -0.15) is 5.10 Å². The van der Waals surface area contributed by atoms with Crippen molar-refractivity contribution >= 4 is 40.6 Å². The van der Waals surface area contributed by atoms with Gasteiger partial charge in [0.2, 0.25) is 0 Å². The number of nitrogens with zero attached hydrogens (tertiary/aromatic N) is 5. The summed E-state index contributed by atoms with van der Waals surface area (Å²) in [5, 5.41) is 20.3. The average Bonchev–Trinajstić information content (AvgIpc) is 3.89. The second-order valence-corrected chi connectivity index (χ2v) is 11.5. The van der Waals surface area contributed by atoms with Gasteiger partial charge in [0.15, 0.2) is 28.2 Å². The molecule has 13 heteroatoms. The van der Waals surface area contributed by atoms with Crippen molar-refractivity contribution in [2.24, 2.45) is 5.10 Å². The summed E-state index contributed by atoms with van der Waals surface area (Å²) in [6.45, 7) is 0.105. The van der Waals surface area contributed by atoms with Crippen LogP contribution >= 0.6 is 23.1 Å². The van der Waals surface area contributed by atoms with Crippen molar-refractivity contribution in [1.82, 2.24) is 25.1 Å². The molecule has 6 rings (SSSR count). The number of benzene rings is 2. The van der Waals surface area contributed by atoms with E-state index in [1.54, 1.807) is 37.7 Å². The molecule has 0 unspecified atom stereocenters. The molecule has 3 aromatic heterocycles. The van der Waals surface area contributed by atoms with Crippen molar-refractivity contribution in [3.63, 3.8) is 0 Å². The number of nitrogens with one attached hydrogen (secondary N) is 1. The number of aromatic nitrogens is 3. The molecule has 4 heterocycles. The van der Waals surface area contributed by atoms with E-state index in [4.69, 9.17) is 19.0 Å². The SMILES string of the molecule is COc1cccc([C@@H]2CC(c3cccs3)=NN2C(=O)CSc2nnc(CNC(=O)c3ccco3)n2-c2ccccc2)c1OC. The Morgan fingerprint density at radius 3 is 2.61 bits per heavy atom. The van der Waals surface area contributed by atoms with Crippen LogP contribution in [-0.2, 0) is 11.3 Å². The van der Waals surface area contributed by atoms with Crippen LogP contribution in [0.1, 0.15) is 39.3 Å². The molecule has 2 aromatic carbocycles. The number of thiophene rings is 1. The van der Waals surface area contributed by atoms with Crippen LogP contribution in [-0.4, -0.2) is 57.3 Å². The minimum Gasteiger partial charge on any atom is -0.493 e. The van der Waals surface area contributed by atoms with Gasteiger partial charge >= 0.3 is 0 Å². The maximum absolute atomic E-state index is 13.9. The lowest BCUT2D eigenvalue weighted by atomic mass is 9.99. The summed E-state index contributed by atoms with van der Waals surface area (Å²) >= 11 is 2.83. The third-order valence-electron chi connectivity index (χ3n) is 6.96. The summed E-state index contributed by atoms with van der Waals surface area (Å²) in [6.07, 6.45) is 1.97. The van der Waals surface area contributed by atoms with Crippen LogP contribution in [0, 0.1) is 0 Å². The highest BCUT2D eigenvalue weighted by atomic mass is 32.2. The predicted octanol–water partition coefficient (Wildman–Crippen LogP) is 5.34. The molecule has 44 heavy (non-hydrogen) atoms. The molecule has 5 aromatic rings. The number of carbonyl (C=O) groups excluding carboxylic acids is 2. The van der Waals surface area contributed by atoms with E-state index in [-0.39, 0.29) is 35.9 Å². The number of furan rings is 1. The van der Waals surface area contributed by atoms with E-state index in [2.05, 4.69) is 15.5 Å². The molecule has 224 valence electrons. The van der Waals surface area contributed by atoms with Crippen molar-refractivity contribution < 1.29 is 23.5 Å². The molecule has 0 radical (unpaired) electrons. The first-order valence-corrected chi connectivity index (χ1v) is 15.5. The fourth-order valence-corrected chi connectivity index (χ4v) is 6.48. The van der Waals surface area contributed by atoms with Gasteiger partial charge in [0.1, 0.15) is 0 Å². The van der Waals surface area contributed by atoms with E-state index in [1.165, 1.54) is 23.0 Å². The Morgan fingerprint density at radius 1 is 1.02 bits per heavy atom. The molecule has 0 bridgehead atoms. The van der Waals surface area contributed by atoms with Crippen LogP contribution in [0.2, 0.25) is 0 Å². The molecule has 2 amide bonds. The summed E-state index contributed by atoms with van der Waals surface area (Å²) in [4.78, 5) is 27.4. The zero-order chi connectivity index (χ0) is 30.5. The molecular formula is C31H28N6O5S2. The first kappa shape index (κ1) is 29.2. The minimum absolute atomic E-state index is 0.0493. The number of ether oxygens (including phenoxy) is 2. The molecule has 0 spiro atoms. The van der Waals surface area contributed by atoms with E-state index >= 15 is 0 Å². The van der Waals surface area contributed by atoms with Gasteiger partial charge in [0.25, 0.3) is 11.8 Å². The van der Waals surface area contributed by atoms with Gasteiger partial charge in [-0.15, -0.1) is 21.5 Å². The van der Waals surface area contributed by atoms with Crippen molar-refractivity contribution in [3.05, 3.63) is 106 Å². The number of hydrogen-bond acceptors (Lipinski definition) is 10. The Bertz CT molecular complexity index is 1770. The third-order valence-corrected chi connectivity index (χ3v) is 8.79. The van der Waals surface area contributed by atoms with Crippen molar-refractivity contribution in [2.75, 3.05) is 20.0 Å². The number of carbonyl (C=O) groups is 2. The number of hydrazone groups is 1. The Kier molecular flexibility index (Phi) is 8.75. The van der Waals surface area contributed by atoms with Crippen LogP contribution < -0.4 is 14.8 Å². The van der Waals surface area contributed by atoms with E-state index in [1.807, 2.05) is 70.6 Å². The number of methoxy groups -OCH3 is 2. The first-order chi connectivity index (χ1) is 21.6. The molecule has 1 N–H and O–H groups in total. The quantitative estimate of drug-likeness (QED) is 0.195. The largest absolute Gasteiger partial charge is 0.493 e. The Hall–Kier alpha value is -4.88. The smallest absolute Gasteiger partial charge is 0.287 e. The van der Waals surface area contributed by atoms with Gasteiger partial charge in [-0.05, 0) is 41.8 Å². The minimum atomic E-state index is -0.385. The van der Waals surface area contributed by atoms with Gasteiger partial charge < -0.3 is 19.2 Å². The fraction of sp³-hybridized carbons (Fsp3) is 0.194. The summed E-state index contributed by atoms with van der Waals surface area (Å²) < 4.78 is 18.3. The summed E-state index contributed by atoms with van der Waals surface area (Å²) in [7, 11) is 3.17. The van der Waals surface area contributed by atoms with Gasteiger partial charge in [-0.25, -0.2) is 5.01 Å². The topological polar surface area (TPSA) is 124 Å². The standard InChI is InChI=1S/C31H28N6O5S2/c1-40-24-12-6-11-21(29(24)41-2)23-17-22(26-14-8-16-43-26)35-37(23)28(38)19-44-31-34-33-27(36(31)20-9-4-3-5-10-20)18-32-30(39)25-13-7-15-42-25/h3-16,23H,17-19H2,1-2H3,(H,32,39)/t23-/m0/s1. The van der Waals surface area contributed by atoms with Gasteiger partial charge in [-0.3, -0.25) is 14.2 Å². The molecule has 0 saturated carbocycles. The second kappa shape index (κ2) is 13.2. The maximum atomic E-state index is 13.9. The lowest BCUT2D eigenvalue weighted by Crippen LogP contribution is -2.29. The maximum Gasteiger partial charge on any atom is 0.287 e. The van der Waals surface area contributed by atoms with Crippen LogP contribution in [0.15, 0.2) is 99.1 Å². The highest BCUT2D eigenvalue weighted by molar-refractivity contribution is 7.99. The summed E-state index contributed by atoms with van der Waals surface area (Å²) in [5.74, 6) is 1.34. The van der Waals surface area contributed by atoms with Crippen molar-refractivity contribution in [2.45, 2.75) is 24.2 Å². The second-order valence-electron chi connectivity index (χ2n) is 9.58. The van der Waals surface area contributed by atoms with Gasteiger partial charge in [0, 0.05) is 17.7 Å². The fourth-order valence-electron chi connectivity index (χ4n) is 4.94. The normalized spacial score (nSPS) is 14.4. The number of thioether (sulfide) groups is 1. The monoisotopic (exact) mass is 628 g/mol. The average molecular weight is 629 g/mol. The first-order valence-electron chi connectivity index (χ1n) is 13.7. The number of hydrogen-bond donors (Lipinski definition) is 1. The lowest BCUT2D eigenvalue weighted by Gasteiger charge is -2.24. The van der Waals surface area contributed by atoms with E-state index < -0.39 is 0 Å². The van der Waals surface area contributed by atoms with Gasteiger partial charge in [-0.1, -0.05) is 48.2 Å². The van der Waals surface area contributed by atoms with Crippen LogP contribution in [0.25, 0.3) is 5.69 Å². The molecule has 1 atom stereocenters. The van der Waals surface area contributed by atoms with Crippen molar-refractivity contribution in [1.29, 1.82) is 0 Å². The zero-order valence-electron chi connectivity index (χ0n) is 23.9. The lowest BCUT2D eigenvalue weighted by molar-refractivity contribution is -0.130. The molecule has 1 aliphatic rings. The Balaban J connectivity index is 1.26. The third kappa shape index (κ3) is 5.96. The molecule has 1 aliphatic heterocycles. The van der Waals surface area contributed by atoms with E-state index in [0.29, 0.717) is 28.9 Å². The number of para-hydroxylation sites is 2. The number of amides is 2. The van der Waals surface area contributed by atoms with E-state index in [0.717, 1.165) is 21.8 Å². The molecular weight excluding hydrogens is 601 g/mol. The Labute approximate surface area is 261 Å². The van der Waals surface area contributed by atoms with Crippen LogP contribution in [0.3, 0.4) is 0 Å².